The van der Waals surface area contributed by atoms with Gasteiger partial charge in [-0.1, -0.05) is 47.7 Å². The zero-order chi connectivity index (χ0) is 25.1. The highest BCUT2D eigenvalue weighted by molar-refractivity contribution is 6.05. The van der Waals surface area contributed by atoms with Crippen LogP contribution in [0.4, 0.5) is 15.8 Å². The first kappa shape index (κ1) is 23.7. The van der Waals surface area contributed by atoms with Gasteiger partial charge in [-0.05, 0) is 74.2 Å². The Bertz CT molecular complexity index is 1330. The van der Waals surface area contributed by atoms with Crippen LogP contribution in [0, 0.1) is 12.7 Å². The van der Waals surface area contributed by atoms with Crippen molar-refractivity contribution < 1.29 is 9.18 Å². The molecule has 4 aromatic rings. The van der Waals surface area contributed by atoms with E-state index in [1.54, 1.807) is 21.7 Å². The molecule has 1 heterocycles. The first-order valence-corrected chi connectivity index (χ1v) is 12.4. The van der Waals surface area contributed by atoms with Crippen LogP contribution < -0.4 is 9.80 Å². The Morgan fingerprint density at radius 1 is 0.972 bits per heavy atom. The van der Waals surface area contributed by atoms with Gasteiger partial charge in [0, 0.05) is 24.0 Å². The van der Waals surface area contributed by atoms with E-state index in [1.165, 1.54) is 25.0 Å². The molecule has 1 aromatic heterocycles. The molecule has 0 bridgehead atoms. The van der Waals surface area contributed by atoms with E-state index in [-0.39, 0.29) is 11.7 Å². The number of aromatic nitrogens is 3. The number of amides is 1. The maximum atomic E-state index is 13.8. The fourth-order valence-electron chi connectivity index (χ4n) is 4.55. The minimum Gasteiger partial charge on any atom is -0.369 e. The number of hydrogen-bond donors (Lipinski definition) is 0. The Balaban J connectivity index is 1.45. The molecule has 1 aliphatic carbocycles. The summed E-state index contributed by atoms with van der Waals surface area (Å²) < 4.78 is 15.4. The van der Waals surface area contributed by atoms with Crippen molar-refractivity contribution in [3.63, 3.8) is 0 Å². The van der Waals surface area contributed by atoms with Crippen molar-refractivity contribution in [2.45, 2.75) is 45.8 Å². The lowest BCUT2D eigenvalue weighted by Gasteiger charge is -2.25. The summed E-state index contributed by atoms with van der Waals surface area (Å²) in [7, 11) is 0. The van der Waals surface area contributed by atoms with E-state index >= 15 is 0 Å². The molecule has 1 aliphatic rings. The van der Waals surface area contributed by atoms with Crippen LogP contribution in [-0.2, 0) is 13.1 Å². The van der Waals surface area contributed by atoms with Crippen LogP contribution in [0.2, 0.25) is 0 Å². The zero-order valence-electron chi connectivity index (χ0n) is 20.6. The van der Waals surface area contributed by atoms with E-state index in [0.29, 0.717) is 36.2 Å². The first-order chi connectivity index (χ1) is 17.5. The molecule has 0 aliphatic heterocycles. The lowest BCUT2D eigenvalue weighted by atomic mass is 10.1. The van der Waals surface area contributed by atoms with Gasteiger partial charge < -0.3 is 9.80 Å². The average molecular weight is 484 g/mol. The molecule has 1 fully saturated rings. The summed E-state index contributed by atoms with van der Waals surface area (Å²) in [6.45, 7) is 5.83. The lowest BCUT2D eigenvalue weighted by molar-refractivity contribution is 0.0979. The summed E-state index contributed by atoms with van der Waals surface area (Å²) in [5.41, 5.74) is 4.83. The Morgan fingerprint density at radius 3 is 2.39 bits per heavy atom. The Labute approximate surface area is 211 Å². The summed E-state index contributed by atoms with van der Waals surface area (Å²) in [6, 6.07) is 24.9. The molecule has 0 saturated heterocycles. The van der Waals surface area contributed by atoms with Crippen LogP contribution in [0.25, 0.3) is 0 Å². The maximum Gasteiger partial charge on any atom is 0.281 e. The van der Waals surface area contributed by atoms with Crippen molar-refractivity contribution >= 4 is 17.3 Å². The zero-order valence-corrected chi connectivity index (χ0v) is 20.6. The van der Waals surface area contributed by atoms with Crippen molar-refractivity contribution in [1.82, 2.24) is 15.0 Å². The van der Waals surface area contributed by atoms with E-state index in [1.807, 2.05) is 49.4 Å². The Hall–Kier alpha value is -4.00. The van der Waals surface area contributed by atoms with Crippen LogP contribution in [0.15, 0.2) is 78.9 Å². The van der Waals surface area contributed by atoms with E-state index in [4.69, 9.17) is 0 Å². The monoisotopic (exact) mass is 483 g/mol. The van der Waals surface area contributed by atoms with Gasteiger partial charge in [-0.25, -0.2) is 9.07 Å². The molecular weight excluding hydrogens is 453 g/mol. The Kier molecular flexibility index (Phi) is 6.80. The van der Waals surface area contributed by atoms with E-state index in [0.717, 1.165) is 23.4 Å². The van der Waals surface area contributed by atoms with Crippen molar-refractivity contribution in [1.29, 1.82) is 0 Å². The van der Waals surface area contributed by atoms with Gasteiger partial charge in [0.1, 0.15) is 5.82 Å². The molecule has 6 nitrogen and oxygen atoms in total. The van der Waals surface area contributed by atoms with Crippen molar-refractivity contribution in [2.24, 2.45) is 0 Å². The molecular formula is C29H30FN5O. The number of carbonyl (C=O) groups is 1. The molecule has 184 valence electrons. The fourth-order valence-corrected chi connectivity index (χ4v) is 4.55. The number of rotatable bonds is 9. The summed E-state index contributed by atoms with van der Waals surface area (Å²) in [5.74, 6) is -0.612. The number of hydrogen-bond acceptors (Lipinski definition) is 4. The third-order valence-corrected chi connectivity index (χ3v) is 6.65. The third-order valence-electron chi connectivity index (χ3n) is 6.65. The minimum atomic E-state index is -0.346. The standard InChI is InChI=1S/C29H30FN5O/c1-3-33(25-16-17-25)27-11-7-10-23(18-27)19-34(26-14-12-24(30)13-15-26)29(36)28-21(2)35(32-31-28)20-22-8-5-4-6-9-22/h4-15,18,25H,3,16-17,19-20H2,1-2H3. The summed E-state index contributed by atoms with van der Waals surface area (Å²) >= 11 is 0. The van der Waals surface area contributed by atoms with Crippen LogP contribution in [-0.4, -0.2) is 33.5 Å². The highest BCUT2D eigenvalue weighted by Gasteiger charge is 2.29. The van der Waals surface area contributed by atoms with Gasteiger partial charge >= 0.3 is 0 Å². The molecule has 1 amide bonds. The van der Waals surface area contributed by atoms with Crippen LogP contribution in [0.1, 0.15) is 47.1 Å². The van der Waals surface area contributed by atoms with Gasteiger partial charge in [0.25, 0.3) is 5.91 Å². The third kappa shape index (κ3) is 5.15. The van der Waals surface area contributed by atoms with Gasteiger partial charge in [-0.2, -0.15) is 0 Å². The molecule has 0 unspecified atom stereocenters. The summed E-state index contributed by atoms with van der Waals surface area (Å²) in [4.78, 5) is 17.9. The average Bonchev–Trinajstić information content (AvgIpc) is 3.67. The van der Waals surface area contributed by atoms with Gasteiger partial charge in [-0.3, -0.25) is 4.79 Å². The SMILES string of the molecule is CCN(c1cccc(CN(C(=O)c2nnn(Cc3ccccc3)c2C)c2ccc(F)cc2)c1)C1CC1. The van der Waals surface area contributed by atoms with E-state index in [2.05, 4.69) is 34.3 Å². The second-order valence-electron chi connectivity index (χ2n) is 9.22. The normalized spacial score (nSPS) is 13.0. The second kappa shape index (κ2) is 10.3. The number of nitrogens with zero attached hydrogens (tertiary/aromatic N) is 5. The molecule has 7 heteroatoms. The topological polar surface area (TPSA) is 54.3 Å². The molecule has 0 atom stereocenters. The lowest BCUT2D eigenvalue weighted by Crippen LogP contribution is -2.31. The van der Waals surface area contributed by atoms with Gasteiger partial charge in [0.15, 0.2) is 5.69 Å². The number of carbonyl (C=O) groups excluding carboxylic acids is 1. The maximum absolute atomic E-state index is 13.8. The molecule has 1 saturated carbocycles. The second-order valence-corrected chi connectivity index (χ2v) is 9.22. The number of benzene rings is 3. The minimum absolute atomic E-state index is 0.265. The summed E-state index contributed by atoms with van der Waals surface area (Å²) in [5, 5.41) is 8.50. The van der Waals surface area contributed by atoms with E-state index in [9.17, 15) is 9.18 Å². The predicted octanol–water partition coefficient (Wildman–Crippen LogP) is 5.61. The smallest absolute Gasteiger partial charge is 0.281 e. The number of anilines is 2. The van der Waals surface area contributed by atoms with Gasteiger partial charge in [-0.15, -0.1) is 5.10 Å². The predicted molar refractivity (Wildman–Crippen MR) is 140 cm³/mol. The highest BCUT2D eigenvalue weighted by atomic mass is 19.1. The van der Waals surface area contributed by atoms with Crippen LogP contribution >= 0.6 is 0 Å². The molecule has 0 spiro atoms. The van der Waals surface area contributed by atoms with Crippen LogP contribution in [0.3, 0.4) is 0 Å². The first-order valence-electron chi connectivity index (χ1n) is 12.4. The van der Waals surface area contributed by atoms with E-state index < -0.39 is 0 Å². The molecule has 0 radical (unpaired) electrons. The highest BCUT2D eigenvalue weighted by Crippen LogP contribution is 2.32. The largest absolute Gasteiger partial charge is 0.369 e. The van der Waals surface area contributed by atoms with Crippen molar-refractivity contribution in [3.8, 4) is 0 Å². The van der Waals surface area contributed by atoms with Crippen molar-refractivity contribution in [2.75, 3.05) is 16.3 Å². The van der Waals surface area contributed by atoms with Gasteiger partial charge in [0.05, 0.1) is 18.8 Å². The molecule has 3 aromatic carbocycles. The van der Waals surface area contributed by atoms with Crippen LogP contribution in [0.5, 0.6) is 0 Å². The fraction of sp³-hybridized carbons (Fsp3) is 0.276. The molecule has 0 N–H and O–H groups in total. The molecule has 5 rings (SSSR count). The number of halogens is 1. The summed E-state index contributed by atoms with van der Waals surface area (Å²) in [6.07, 6.45) is 2.44. The quantitative estimate of drug-likeness (QED) is 0.311. The van der Waals surface area contributed by atoms with Crippen molar-refractivity contribution in [3.05, 3.63) is 107 Å². The Morgan fingerprint density at radius 2 is 1.69 bits per heavy atom. The molecule has 36 heavy (non-hydrogen) atoms. The van der Waals surface area contributed by atoms with Gasteiger partial charge in [0.2, 0.25) is 0 Å².